The Morgan fingerprint density at radius 3 is 2.75 bits per heavy atom. The third kappa shape index (κ3) is 3.14. The van der Waals surface area contributed by atoms with Crippen molar-refractivity contribution in [2.45, 2.75) is 32.6 Å². The maximum Gasteiger partial charge on any atom is 0.249 e. The number of nitrogens with zero attached hydrogens (tertiary/aromatic N) is 1. The van der Waals surface area contributed by atoms with Crippen molar-refractivity contribution in [3.63, 3.8) is 0 Å². The predicted molar refractivity (Wildman–Crippen MR) is 89.3 cm³/mol. The van der Waals surface area contributed by atoms with E-state index in [0.29, 0.717) is 29.9 Å². The quantitative estimate of drug-likeness (QED) is 0.814. The van der Waals surface area contributed by atoms with Crippen molar-refractivity contribution >= 4 is 17.4 Å². The van der Waals surface area contributed by atoms with Crippen LogP contribution in [0, 0.1) is 35.0 Å². The van der Waals surface area contributed by atoms with E-state index in [1.54, 1.807) is 18.2 Å². The van der Waals surface area contributed by atoms with Crippen molar-refractivity contribution in [3.05, 3.63) is 24.3 Å². The highest BCUT2D eigenvalue weighted by atomic mass is 16.5. The van der Waals surface area contributed by atoms with Gasteiger partial charge < -0.3 is 10.1 Å². The molecule has 4 unspecified atom stereocenters. The molecule has 1 aromatic rings. The van der Waals surface area contributed by atoms with Crippen molar-refractivity contribution in [1.29, 1.82) is 5.26 Å². The Hall–Kier alpha value is -2.35. The molecule has 0 radical (unpaired) electrons. The van der Waals surface area contributed by atoms with E-state index in [-0.39, 0.29) is 11.7 Å². The van der Waals surface area contributed by atoms with Crippen LogP contribution in [0.25, 0.3) is 0 Å². The van der Waals surface area contributed by atoms with E-state index in [0.717, 1.165) is 19.3 Å². The lowest BCUT2D eigenvalue weighted by molar-refractivity contribution is -0.132. The van der Waals surface area contributed by atoms with Crippen LogP contribution in [0.15, 0.2) is 24.3 Å². The number of ketones is 1. The number of carbonyl (C=O) groups excluding carboxylic acids is 2. The van der Waals surface area contributed by atoms with Crippen molar-refractivity contribution in [2.24, 2.45) is 23.7 Å². The summed E-state index contributed by atoms with van der Waals surface area (Å²) in [5.74, 6) is -0.636. The van der Waals surface area contributed by atoms with Gasteiger partial charge in [-0.25, -0.2) is 0 Å². The van der Waals surface area contributed by atoms with E-state index in [1.165, 1.54) is 6.42 Å². The summed E-state index contributed by atoms with van der Waals surface area (Å²) < 4.78 is 5.47. The van der Waals surface area contributed by atoms with Gasteiger partial charge in [-0.1, -0.05) is 18.6 Å². The number of benzene rings is 1. The van der Waals surface area contributed by atoms with Crippen LogP contribution in [0.1, 0.15) is 32.6 Å². The van der Waals surface area contributed by atoms with Crippen LogP contribution >= 0.6 is 0 Å². The maximum absolute atomic E-state index is 12.7. The van der Waals surface area contributed by atoms with Gasteiger partial charge in [0.2, 0.25) is 5.91 Å². The third-order valence-electron chi connectivity index (χ3n) is 5.22. The number of amides is 1. The molecule has 0 aliphatic heterocycles. The SMILES string of the molecule is CCOc1ccccc1NC(=O)C(C#N)C(=O)C1CC2CCC1C2. The molecule has 1 aromatic carbocycles. The molecule has 0 spiro atoms. The molecule has 0 aromatic heterocycles. The molecule has 2 aliphatic carbocycles. The standard InChI is InChI=1S/C19H22N2O3/c1-2-24-17-6-4-3-5-16(17)21-19(23)15(11-20)18(22)14-10-12-7-8-13(14)9-12/h3-6,12-15H,2,7-10H2,1H3,(H,21,23). The number of ether oxygens (including phenoxy) is 1. The van der Waals surface area contributed by atoms with Gasteiger partial charge in [0.1, 0.15) is 5.75 Å². The van der Waals surface area contributed by atoms with Gasteiger partial charge in [0, 0.05) is 5.92 Å². The molecule has 24 heavy (non-hydrogen) atoms. The molecule has 2 saturated carbocycles. The van der Waals surface area contributed by atoms with E-state index in [2.05, 4.69) is 5.32 Å². The van der Waals surface area contributed by atoms with Crippen molar-refractivity contribution in [3.8, 4) is 11.8 Å². The Morgan fingerprint density at radius 1 is 1.33 bits per heavy atom. The Labute approximate surface area is 142 Å². The molecular formula is C19H22N2O3. The van der Waals surface area contributed by atoms with Crippen LogP contribution in [0.3, 0.4) is 0 Å². The molecule has 5 heteroatoms. The molecule has 126 valence electrons. The van der Waals surface area contributed by atoms with Crippen molar-refractivity contribution < 1.29 is 14.3 Å². The minimum absolute atomic E-state index is 0.124. The highest BCUT2D eigenvalue weighted by Gasteiger charge is 2.46. The number of para-hydroxylation sites is 2. The number of rotatable bonds is 6. The van der Waals surface area contributed by atoms with Crippen molar-refractivity contribution in [1.82, 2.24) is 0 Å². The summed E-state index contributed by atoms with van der Waals surface area (Å²) in [5.41, 5.74) is 0.491. The van der Waals surface area contributed by atoms with Gasteiger partial charge in [-0.15, -0.1) is 0 Å². The van der Waals surface area contributed by atoms with E-state index in [4.69, 9.17) is 4.74 Å². The first-order valence-corrected chi connectivity index (χ1v) is 8.60. The number of Topliss-reactive ketones (excluding diaryl/α,β-unsaturated/α-hetero) is 1. The zero-order valence-electron chi connectivity index (χ0n) is 13.8. The van der Waals surface area contributed by atoms with Gasteiger partial charge in [0.15, 0.2) is 11.7 Å². The number of nitriles is 1. The second-order valence-corrected chi connectivity index (χ2v) is 6.66. The van der Waals surface area contributed by atoms with E-state index in [9.17, 15) is 14.9 Å². The van der Waals surface area contributed by atoms with Gasteiger partial charge in [-0.2, -0.15) is 5.26 Å². The van der Waals surface area contributed by atoms with Crippen LogP contribution in [0.5, 0.6) is 5.75 Å². The molecule has 2 aliphatic rings. The Morgan fingerprint density at radius 2 is 2.12 bits per heavy atom. The zero-order chi connectivity index (χ0) is 17.1. The van der Waals surface area contributed by atoms with Gasteiger partial charge in [0.05, 0.1) is 18.4 Å². The minimum atomic E-state index is -1.25. The van der Waals surface area contributed by atoms with E-state index >= 15 is 0 Å². The number of hydrogen-bond acceptors (Lipinski definition) is 4. The van der Waals surface area contributed by atoms with Crippen molar-refractivity contribution in [2.75, 3.05) is 11.9 Å². The average Bonchev–Trinajstić information content (AvgIpc) is 3.20. The van der Waals surface area contributed by atoms with Crippen LogP contribution in [-0.4, -0.2) is 18.3 Å². The summed E-state index contributed by atoms with van der Waals surface area (Å²) >= 11 is 0. The number of carbonyl (C=O) groups is 2. The minimum Gasteiger partial charge on any atom is -0.492 e. The first-order valence-electron chi connectivity index (χ1n) is 8.60. The number of nitrogens with one attached hydrogen (secondary N) is 1. The summed E-state index contributed by atoms with van der Waals surface area (Å²) in [6.45, 7) is 2.33. The maximum atomic E-state index is 12.7. The lowest BCUT2D eigenvalue weighted by atomic mass is 9.81. The first-order chi connectivity index (χ1) is 11.6. The second-order valence-electron chi connectivity index (χ2n) is 6.66. The molecule has 2 fully saturated rings. The molecule has 0 heterocycles. The second kappa shape index (κ2) is 7.04. The summed E-state index contributed by atoms with van der Waals surface area (Å²) in [5, 5.41) is 12.1. The normalized spacial score (nSPS) is 25.8. The highest BCUT2D eigenvalue weighted by Crippen LogP contribution is 2.49. The van der Waals surface area contributed by atoms with Crippen LogP contribution < -0.4 is 10.1 Å². The Kier molecular flexibility index (Phi) is 4.84. The predicted octanol–water partition coefficient (Wildman–Crippen LogP) is 3.17. The fourth-order valence-corrected chi connectivity index (χ4v) is 4.11. The van der Waals surface area contributed by atoms with Gasteiger partial charge in [0.25, 0.3) is 0 Å². The monoisotopic (exact) mass is 326 g/mol. The van der Waals surface area contributed by atoms with Crippen LogP contribution in [0.4, 0.5) is 5.69 Å². The number of anilines is 1. The summed E-state index contributed by atoms with van der Waals surface area (Å²) in [6, 6.07) is 8.95. The van der Waals surface area contributed by atoms with E-state index < -0.39 is 11.8 Å². The zero-order valence-corrected chi connectivity index (χ0v) is 13.8. The summed E-state index contributed by atoms with van der Waals surface area (Å²) in [7, 11) is 0. The number of hydrogen-bond donors (Lipinski definition) is 1. The van der Waals surface area contributed by atoms with Gasteiger partial charge in [-0.05, 0) is 50.2 Å². The molecule has 2 bridgehead atoms. The average molecular weight is 326 g/mol. The smallest absolute Gasteiger partial charge is 0.249 e. The summed E-state index contributed by atoms with van der Waals surface area (Å²) in [6.07, 6.45) is 4.14. The fourth-order valence-electron chi connectivity index (χ4n) is 4.11. The first kappa shape index (κ1) is 16.5. The van der Waals surface area contributed by atoms with Gasteiger partial charge >= 0.3 is 0 Å². The van der Waals surface area contributed by atoms with E-state index in [1.807, 2.05) is 19.1 Å². The van der Waals surface area contributed by atoms with Crippen LogP contribution in [0.2, 0.25) is 0 Å². The lowest BCUT2D eigenvalue weighted by Crippen LogP contribution is -2.35. The molecule has 3 rings (SSSR count). The largest absolute Gasteiger partial charge is 0.492 e. The molecular weight excluding hydrogens is 304 g/mol. The summed E-state index contributed by atoms with van der Waals surface area (Å²) in [4.78, 5) is 25.2. The topological polar surface area (TPSA) is 79.2 Å². The molecule has 4 atom stereocenters. The van der Waals surface area contributed by atoms with Gasteiger partial charge in [-0.3, -0.25) is 9.59 Å². The Bertz CT molecular complexity index is 679. The molecule has 1 N–H and O–H groups in total. The molecule has 1 amide bonds. The highest BCUT2D eigenvalue weighted by molar-refractivity contribution is 6.10. The number of fused-ring (bicyclic) bond motifs is 2. The Balaban J connectivity index is 1.71. The third-order valence-corrected chi connectivity index (χ3v) is 5.22. The fraction of sp³-hybridized carbons (Fsp3) is 0.526. The molecule has 0 saturated heterocycles. The van der Waals surface area contributed by atoms with Crippen LogP contribution in [-0.2, 0) is 9.59 Å². The molecule has 5 nitrogen and oxygen atoms in total. The lowest BCUT2D eigenvalue weighted by Gasteiger charge is -2.22.